The summed E-state index contributed by atoms with van der Waals surface area (Å²) in [6.45, 7) is 2.80. The molecule has 2 aromatic carbocycles. The number of thiocarbonyl (C=S) groups is 1. The van der Waals surface area contributed by atoms with Crippen LogP contribution >= 0.6 is 28.1 Å². The summed E-state index contributed by atoms with van der Waals surface area (Å²) in [7, 11) is 0. The standard InChI is InChI=1S/C18H19BrN2O2S/c1-2-3-10-23-16-9-5-8-15(12-16)20-18(24)21-17(22)13-6-4-7-14(19)11-13/h4-9,11-12H,2-3,10H2,1H3,(H2,20,21,22,24). The summed E-state index contributed by atoms with van der Waals surface area (Å²) < 4.78 is 6.50. The van der Waals surface area contributed by atoms with E-state index in [4.69, 9.17) is 17.0 Å². The molecule has 126 valence electrons. The van der Waals surface area contributed by atoms with Gasteiger partial charge >= 0.3 is 0 Å². The van der Waals surface area contributed by atoms with Crippen molar-refractivity contribution in [3.05, 3.63) is 58.6 Å². The van der Waals surface area contributed by atoms with Crippen molar-refractivity contribution >= 4 is 44.9 Å². The molecule has 0 saturated heterocycles. The van der Waals surface area contributed by atoms with Crippen LogP contribution in [-0.4, -0.2) is 17.6 Å². The lowest BCUT2D eigenvalue weighted by Crippen LogP contribution is -2.34. The summed E-state index contributed by atoms with van der Waals surface area (Å²) in [5.74, 6) is 0.513. The van der Waals surface area contributed by atoms with Crippen molar-refractivity contribution in [2.45, 2.75) is 19.8 Å². The van der Waals surface area contributed by atoms with Crippen LogP contribution in [0.25, 0.3) is 0 Å². The van der Waals surface area contributed by atoms with Crippen molar-refractivity contribution in [3.63, 3.8) is 0 Å². The van der Waals surface area contributed by atoms with Crippen molar-refractivity contribution in [2.75, 3.05) is 11.9 Å². The largest absolute Gasteiger partial charge is 0.494 e. The second kappa shape index (κ2) is 9.39. The van der Waals surface area contributed by atoms with Crippen molar-refractivity contribution < 1.29 is 9.53 Å². The first kappa shape index (κ1) is 18.4. The van der Waals surface area contributed by atoms with Crippen LogP contribution in [0.3, 0.4) is 0 Å². The SMILES string of the molecule is CCCCOc1cccc(NC(=S)NC(=O)c2cccc(Br)c2)c1. The van der Waals surface area contributed by atoms with Gasteiger partial charge in [-0.25, -0.2) is 0 Å². The first-order chi connectivity index (χ1) is 11.6. The quantitative estimate of drug-likeness (QED) is 0.536. The molecule has 0 aliphatic rings. The van der Waals surface area contributed by atoms with Crippen molar-refractivity contribution in [3.8, 4) is 5.75 Å². The topological polar surface area (TPSA) is 50.4 Å². The van der Waals surface area contributed by atoms with Crippen molar-refractivity contribution in [2.24, 2.45) is 0 Å². The zero-order chi connectivity index (χ0) is 17.4. The van der Waals surface area contributed by atoms with E-state index in [0.717, 1.165) is 28.8 Å². The van der Waals surface area contributed by atoms with Crippen LogP contribution in [0.1, 0.15) is 30.1 Å². The van der Waals surface area contributed by atoms with Gasteiger partial charge in [-0.05, 0) is 49.0 Å². The average Bonchev–Trinajstić information content (AvgIpc) is 2.55. The van der Waals surface area contributed by atoms with Crippen LogP contribution in [0.2, 0.25) is 0 Å². The molecule has 2 N–H and O–H groups in total. The number of halogens is 1. The third kappa shape index (κ3) is 5.94. The molecule has 0 atom stereocenters. The molecular weight excluding hydrogens is 388 g/mol. The van der Waals surface area contributed by atoms with Gasteiger partial charge in [-0.2, -0.15) is 0 Å². The summed E-state index contributed by atoms with van der Waals surface area (Å²) in [5, 5.41) is 5.90. The van der Waals surface area contributed by atoms with Crippen LogP contribution < -0.4 is 15.4 Å². The van der Waals surface area contributed by atoms with E-state index >= 15 is 0 Å². The highest BCUT2D eigenvalue weighted by molar-refractivity contribution is 9.10. The Balaban J connectivity index is 1.92. The maximum Gasteiger partial charge on any atom is 0.257 e. The number of carbonyl (C=O) groups excluding carboxylic acids is 1. The minimum Gasteiger partial charge on any atom is -0.494 e. The van der Waals surface area contributed by atoms with E-state index in [1.165, 1.54) is 0 Å². The highest BCUT2D eigenvalue weighted by Crippen LogP contribution is 2.18. The second-order valence-electron chi connectivity index (χ2n) is 5.15. The monoisotopic (exact) mass is 406 g/mol. The van der Waals surface area contributed by atoms with Gasteiger partial charge in [0.25, 0.3) is 5.91 Å². The summed E-state index contributed by atoms with van der Waals surface area (Å²) in [6, 6.07) is 14.6. The lowest BCUT2D eigenvalue weighted by atomic mass is 10.2. The fraction of sp³-hybridized carbons (Fsp3) is 0.222. The second-order valence-corrected chi connectivity index (χ2v) is 6.47. The Bertz CT molecular complexity index is 722. The van der Waals surface area contributed by atoms with E-state index in [1.54, 1.807) is 18.2 Å². The Kier molecular flexibility index (Phi) is 7.21. The number of hydrogen-bond donors (Lipinski definition) is 2. The van der Waals surface area contributed by atoms with Gasteiger partial charge in [0.2, 0.25) is 0 Å². The number of carbonyl (C=O) groups is 1. The maximum atomic E-state index is 12.2. The lowest BCUT2D eigenvalue weighted by Gasteiger charge is -2.11. The molecule has 24 heavy (non-hydrogen) atoms. The molecule has 0 unspecified atom stereocenters. The number of hydrogen-bond acceptors (Lipinski definition) is 3. The van der Waals surface area contributed by atoms with Crippen molar-refractivity contribution in [1.29, 1.82) is 0 Å². The molecule has 0 bridgehead atoms. The highest BCUT2D eigenvalue weighted by Gasteiger charge is 2.08. The van der Waals surface area contributed by atoms with Crippen LogP contribution in [0.5, 0.6) is 5.75 Å². The fourth-order valence-corrected chi connectivity index (χ4v) is 2.58. The predicted octanol–water partition coefficient (Wildman–Crippen LogP) is 4.75. The van der Waals surface area contributed by atoms with Crippen LogP contribution in [0.4, 0.5) is 5.69 Å². The van der Waals surface area contributed by atoms with Gasteiger partial charge in [0.15, 0.2) is 5.11 Å². The van der Waals surface area contributed by atoms with E-state index in [9.17, 15) is 4.79 Å². The van der Waals surface area contributed by atoms with Gasteiger partial charge < -0.3 is 10.1 Å². The first-order valence-corrected chi connectivity index (χ1v) is 8.89. The number of anilines is 1. The normalized spacial score (nSPS) is 10.1. The van der Waals surface area contributed by atoms with Gasteiger partial charge in [0.1, 0.15) is 5.75 Å². The fourth-order valence-electron chi connectivity index (χ4n) is 1.97. The number of ether oxygens (including phenoxy) is 1. The van der Waals surface area contributed by atoms with Gasteiger partial charge in [-0.3, -0.25) is 10.1 Å². The molecule has 0 heterocycles. The zero-order valence-corrected chi connectivity index (χ0v) is 15.7. The summed E-state index contributed by atoms with van der Waals surface area (Å²) in [4.78, 5) is 12.2. The zero-order valence-electron chi connectivity index (χ0n) is 13.3. The lowest BCUT2D eigenvalue weighted by molar-refractivity contribution is 0.0977. The van der Waals surface area contributed by atoms with E-state index < -0.39 is 0 Å². The molecule has 2 aromatic rings. The highest BCUT2D eigenvalue weighted by atomic mass is 79.9. The third-order valence-electron chi connectivity index (χ3n) is 3.17. The molecule has 2 rings (SSSR count). The molecule has 1 amide bonds. The number of benzene rings is 2. The Morgan fingerprint density at radius 1 is 1.21 bits per heavy atom. The van der Waals surface area contributed by atoms with Gasteiger partial charge in [-0.15, -0.1) is 0 Å². The van der Waals surface area contributed by atoms with E-state index in [2.05, 4.69) is 33.5 Å². The van der Waals surface area contributed by atoms with E-state index in [1.807, 2.05) is 30.3 Å². The smallest absolute Gasteiger partial charge is 0.257 e. The number of amides is 1. The maximum absolute atomic E-state index is 12.2. The summed E-state index contributed by atoms with van der Waals surface area (Å²) >= 11 is 8.54. The number of rotatable bonds is 6. The predicted molar refractivity (Wildman–Crippen MR) is 105 cm³/mol. The first-order valence-electron chi connectivity index (χ1n) is 7.69. The Morgan fingerprint density at radius 3 is 2.75 bits per heavy atom. The Morgan fingerprint density at radius 2 is 2.00 bits per heavy atom. The Labute approximate surface area is 155 Å². The molecular formula is C18H19BrN2O2S. The number of nitrogens with one attached hydrogen (secondary N) is 2. The van der Waals surface area contributed by atoms with Gasteiger partial charge in [0.05, 0.1) is 6.61 Å². The van der Waals surface area contributed by atoms with Gasteiger partial charge in [-0.1, -0.05) is 41.4 Å². The molecule has 0 radical (unpaired) electrons. The average molecular weight is 407 g/mol. The Hall–Kier alpha value is -1.92. The molecule has 0 fully saturated rings. The summed E-state index contributed by atoms with van der Waals surface area (Å²) in [6.07, 6.45) is 2.10. The van der Waals surface area contributed by atoms with Gasteiger partial charge in [0, 0.05) is 21.8 Å². The van der Waals surface area contributed by atoms with E-state index in [0.29, 0.717) is 12.2 Å². The van der Waals surface area contributed by atoms with E-state index in [-0.39, 0.29) is 11.0 Å². The molecule has 0 spiro atoms. The minimum atomic E-state index is -0.260. The molecule has 0 aliphatic heterocycles. The third-order valence-corrected chi connectivity index (χ3v) is 3.87. The molecule has 4 nitrogen and oxygen atoms in total. The van der Waals surface area contributed by atoms with Crippen LogP contribution in [-0.2, 0) is 0 Å². The molecule has 0 aromatic heterocycles. The summed E-state index contributed by atoms with van der Waals surface area (Å²) in [5.41, 5.74) is 1.30. The number of unbranched alkanes of at least 4 members (excludes halogenated alkanes) is 1. The van der Waals surface area contributed by atoms with Crippen LogP contribution in [0, 0.1) is 0 Å². The molecule has 0 aliphatic carbocycles. The minimum absolute atomic E-state index is 0.241. The molecule has 6 heteroatoms. The van der Waals surface area contributed by atoms with Crippen molar-refractivity contribution in [1.82, 2.24) is 5.32 Å². The van der Waals surface area contributed by atoms with Crippen LogP contribution in [0.15, 0.2) is 53.0 Å². The molecule has 0 saturated carbocycles.